The van der Waals surface area contributed by atoms with E-state index < -0.39 is 51.6 Å². The van der Waals surface area contributed by atoms with Gasteiger partial charge in [0.25, 0.3) is 0 Å². The summed E-state index contributed by atoms with van der Waals surface area (Å²) in [5.74, 6) is -0.913. The molecule has 1 aliphatic rings. The molecule has 1 fully saturated rings. The van der Waals surface area contributed by atoms with Crippen LogP contribution >= 0.6 is 0 Å². The van der Waals surface area contributed by atoms with E-state index in [4.69, 9.17) is 0 Å². The zero-order valence-electron chi connectivity index (χ0n) is 21.4. The SMILES string of the molecule is CCN(CC)S(=O)(=O)c1ccc(N2CCCCC2)c(NCC(=O)Nc2cc(C(F)(F)F)cc(C(F)(F)F)c2)c1. The number of rotatable bonds is 9. The van der Waals surface area contributed by atoms with Crippen LogP contribution in [0, 0.1) is 0 Å². The molecule has 1 heterocycles. The third-order valence-corrected chi connectivity index (χ3v) is 8.36. The average Bonchev–Trinajstić information content (AvgIpc) is 2.87. The Labute approximate surface area is 223 Å². The van der Waals surface area contributed by atoms with Crippen LogP contribution in [0.3, 0.4) is 0 Å². The summed E-state index contributed by atoms with van der Waals surface area (Å²) in [7, 11) is -3.83. The maximum Gasteiger partial charge on any atom is 0.416 e. The Morgan fingerprint density at radius 1 is 0.897 bits per heavy atom. The lowest BCUT2D eigenvalue weighted by atomic mass is 10.1. The minimum atomic E-state index is -5.06. The van der Waals surface area contributed by atoms with Crippen molar-refractivity contribution in [1.29, 1.82) is 0 Å². The Hall–Kier alpha value is -3.00. The normalized spacial score (nSPS) is 14.9. The van der Waals surface area contributed by atoms with Gasteiger partial charge in [-0.15, -0.1) is 0 Å². The first-order valence-corrected chi connectivity index (χ1v) is 13.8. The van der Waals surface area contributed by atoms with Crippen LogP contribution in [-0.2, 0) is 27.2 Å². The number of alkyl halides is 6. The molecule has 1 amide bonds. The Kier molecular flexibility index (Phi) is 9.42. The smallest absolute Gasteiger partial charge is 0.374 e. The molecule has 1 aliphatic heterocycles. The van der Waals surface area contributed by atoms with Gasteiger partial charge in [-0.2, -0.15) is 30.6 Å². The molecule has 39 heavy (non-hydrogen) atoms. The molecule has 0 saturated carbocycles. The van der Waals surface area contributed by atoms with Crippen LogP contribution in [0.4, 0.5) is 43.4 Å². The number of nitrogens with one attached hydrogen (secondary N) is 2. The second-order valence-corrected chi connectivity index (χ2v) is 11.0. The van der Waals surface area contributed by atoms with Gasteiger partial charge < -0.3 is 15.5 Å². The minimum Gasteiger partial charge on any atom is -0.374 e. The van der Waals surface area contributed by atoms with E-state index in [0.29, 0.717) is 36.6 Å². The predicted octanol–water partition coefficient (Wildman–Crippen LogP) is 5.80. The second-order valence-electron chi connectivity index (χ2n) is 9.01. The third-order valence-electron chi connectivity index (χ3n) is 6.32. The van der Waals surface area contributed by atoms with E-state index in [1.165, 1.54) is 16.4 Å². The molecule has 216 valence electrons. The Morgan fingerprint density at radius 2 is 1.46 bits per heavy atom. The fraction of sp³-hybridized carbons (Fsp3) is 0.480. The molecule has 2 N–H and O–H groups in total. The predicted molar refractivity (Wildman–Crippen MR) is 136 cm³/mol. The quantitative estimate of drug-likeness (QED) is 0.367. The first-order valence-electron chi connectivity index (χ1n) is 12.4. The summed E-state index contributed by atoms with van der Waals surface area (Å²) in [6, 6.07) is 5.30. The number of hydrogen-bond acceptors (Lipinski definition) is 5. The van der Waals surface area contributed by atoms with Crippen molar-refractivity contribution in [2.75, 3.05) is 48.3 Å². The van der Waals surface area contributed by atoms with Gasteiger partial charge in [0.05, 0.1) is 33.9 Å². The highest BCUT2D eigenvalue weighted by atomic mass is 32.2. The average molecular weight is 581 g/mol. The van der Waals surface area contributed by atoms with E-state index in [1.807, 2.05) is 4.90 Å². The van der Waals surface area contributed by atoms with Gasteiger partial charge in [-0.3, -0.25) is 4.79 Å². The van der Waals surface area contributed by atoms with Crippen molar-refractivity contribution in [3.8, 4) is 0 Å². The van der Waals surface area contributed by atoms with Gasteiger partial charge in [-0.25, -0.2) is 8.42 Å². The Morgan fingerprint density at radius 3 is 1.97 bits per heavy atom. The van der Waals surface area contributed by atoms with Crippen molar-refractivity contribution in [3.63, 3.8) is 0 Å². The molecule has 1 saturated heterocycles. The molecule has 14 heteroatoms. The van der Waals surface area contributed by atoms with E-state index in [0.717, 1.165) is 19.3 Å². The Bertz CT molecular complexity index is 1240. The van der Waals surface area contributed by atoms with Crippen molar-refractivity contribution in [2.45, 2.75) is 50.4 Å². The molecular formula is C25H30F6N4O3S. The Balaban J connectivity index is 1.88. The van der Waals surface area contributed by atoms with Gasteiger partial charge in [0.15, 0.2) is 0 Å². The van der Waals surface area contributed by atoms with E-state index in [1.54, 1.807) is 19.9 Å². The van der Waals surface area contributed by atoms with Gasteiger partial charge in [0.1, 0.15) is 0 Å². The van der Waals surface area contributed by atoms with E-state index in [9.17, 15) is 39.6 Å². The topological polar surface area (TPSA) is 81.8 Å². The molecule has 0 atom stereocenters. The van der Waals surface area contributed by atoms with Crippen LogP contribution in [0.2, 0.25) is 0 Å². The summed E-state index contributed by atoms with van der Waals surface area (Å²) >= 11 is 0. The first-order chi connectivity index (χ1) is 18.2. The zero-order chi connectivity index (χ0) is 29.0. The van der Waals surface area contributed by atoms with Crippen molar-refractivity contribution < 1.29 is 39.6 Å². The maximum atomic E-state index is 13.2. The van der Waals surface area contributed by atoms with Crippen molar-refractivity contribution in [1.82, 2.24) is 4.31 Å². The summed E-state index contributed by atoms with van der Waals surface area (Å²) in [5.41, 5.74) is -2.83. The van der Waals surface area contributed by atoms with E-state index in [-0.39, 0.29) is 24.1 Å². The fourth-order valence-electron chi connectivity index (χ4n) is 4.35. The highest BCUT2D eigenvalue weighted by molar-refractivity contribution is 7.89. The second kappa shape index (κ2) is 12.0. The molecule has 0 spiro atoms. The third kappa shape index (κ3) is 7.56. The van der Waals surface area contributed by atoms with Gasteiger partial charge in [-0.1, -0.05) is 13.8 Å². The molecule has 7 nitrogen and oxygen atoms in total. The van der Waals surface area contributed by atoms with Crippen LogP contribution in [0.1, 0.15) is 44.2 Å². The van der Waals surface area contributed by atoms with Gasteiger partial charge in [0, 0.05) is 31.9 Å². The number of hydrogen-bond donors (Lipinski definition) is 2. The minimum absolute atomic E-state index is 0.0115. The number of benzene rings is 2. The standard InChI is InChI=1S/C25H30F6N4O3S/c1-3-35(4-2)39(37,38)20-8-9-22(34-10-6-5-7-11-34)21(15-20)32-16-23(36)33-19-13-17(24(26,27)28)12-18(14-19)25(29,30)31/h8-9,12-15,32H,3-7,10-11,16H2,1-2H3,(H,33,36). The van der Waals surface area contributed by atoms with Crippen molar-refractivity contribution in [3.05, 3.63) is 47.5 Å². The number of anilines is 3. The summed E-state index contributed by atoms with van der Waals surface area (Å²) in [5, 5.41) is 4.90. The molecule has 3 rings (SSSR count). The molecule has 0 bridgehead atoms. The van der Waals surface area contributed by atoms with Gasteiger partial charge in [0.2, 0.25) is 15.9 Å². The van der Waals surface area contributed by atoms with Gasteiger partial charge in [-0.05, 0) is 55.7 Å². The molecule has 2 aromatic rings. The number of piperidine rings is 1. The molecule has 0 aliphatic carbocycles. The molecule has 0 unspecified atom stereocenters. The number of carbonyl (C=O) groups is 1. The molecule has 0 aromatic heterocycles. The number of carbonyl (C=O) groups excluding carboxylic acids is 1. The summed E-state index contributed by atoms with van der Waals surface area (Å²) in [6.07, 6.45) is -7.25. The fourth-order valence-corrected chi connectivity index (χ4v) is 5.83. The summed E-state index contributed by atoms with van der Waals surface area (Å²) < 4.78 is 106. The number of sulfonamides is 1. The first kappa shape index (κ1) is 30.5. The van der Waals surface area contributed by atoms with E-state index in [2.05, 4.69) is 10.6 Å². The molecule has 2 aromatic carbocycles. The lowest BCUT2D eigenvalue weighted by Crippen LogP contribution is -2.32. The van der Waals surface area contributed by atoms with Crippen molar-refractivity contribution >= 4 is 33.0 Å². The van der Waals surface area contributed by atoms with Crippen LogP contribution in [0.5, 0.6) is 0 Å². The lowest BCUT2D eigenvalue weighted by Gasteiger charge is -2.31. The van der Waals surface area contributed by atoms with Gasteiger partial charge >= 0.3 is 12.4 Å². The lowest BCUT2D eigenvalue weighted by molar-refractivity contribution is -0.143. The molecular weight excluding hydrogens is 550 g/mol. The maximum absolute atomic E-state index is 13.2. The summed E-state index contributed by atoms with van der Waals surface area (Å²) in [6.45, 7) is 4.76. The molecule has 0 radical (unpaired) electrons. The van der Waals surface area contributed by atoms with Crippen LogP contribution in [0.25, 0.3) is 0 Å². The summed E-state index contributed by atoms with van der Waals surface area (Å²) in [4.78, 5) is 14.6. The number of halogens is 6. The zero-order valence-corrected chi connectivity index (χ0v) is 22.2. The number of amides is 1. The van der Waals surface area contributed by atoms with Crippen molar-refractivity contribution in [2.24, 2.45) is 0 Å². The monoisotopic (exact) mass is 580 g/mol. The largest absolute Gasteiger partial charge is 0.416 e. The van der Waals surface area contributed by atoms with E-state index >= 15 is 0 Å². The highest BCUT2D eigenvalue weighted by Crippen LogP contribution is 2.38. The van der Waals surface area contributed by atoms with Crippen LogP contribution in [0.15, 0.2) is 41.3 Å². The van der Waals surface area contributed by atoms with Crippen LogP contribution in [-0.4, -0.2) is 51.4 Å². The highest BCUT2D eigenvalue weighted by Gasteiger charge is 2.37. The van der Waals surface area contributed by atoms with Crippen LogP contribution < -0.4 is 15.5 Å². The number of nitrogens with zero attached hydrogens (tertiary/aromatic N) is 2.